The van der Waals surface area contributed by atoms with Crippen molar-refractivity contribution < 1.29 is 17.9 Å². The molecule has 0 unspecified atom stereocenters. The molecule has 5 nitrogen and oxygen atoms in total. The standard InChI is InChI=1S/C10H19NO4S/c1-14-4-3-8-7-15-10-6-11(5-9(8)10)16(2,12)13/h8-10H,3-7H2,1-2H3/t8-,9-,10-/m0/s1. The maximum Gasteiger partial charge on any atom is 0.211 e. The summed E-state index contributed by atoms with van der Waals surface area (Å²) >= 11 is 0. The number of fused-ring (bicyclic) bond motifs is 1. The summed E-state index contributed by atoms with van der Waals surface area (Å²) < 4.78 is 35.1. The number of hydrogen-bond acceptors (Lipinski definition) is 4. The van der Waals surface area contributed by atoms with Gasteiger partial charge in [-0.1, -0.05) is 0 Å². The molecule has 2 aliphatic heterocycles. The fraction of sp³-hybridized carbons (Fsp3) is 1.00. The van der Waals surface area contributed by atoms with Gasteiger partial charge in [0.15, 0.2) is 0 Å². The average Bonchev–Trinajstić information content (AvgIpc) is 2.73. The van der Waals surface area contributed by atoms with Crippen LogP contribution in [0.5, 0.6) is 0 Å². The molecule has 0 saturated carbocycles. The van der Waals surface area contributed by atoms with Crippen LogP contribution in [0.2, 0.25) is 0 Å². The van der Waals surface area contributed by atoms with Crippen LogP contribution < -0.4 is 0 Å². The van der Waals surface area contributed by atoms with Crippen LogP contribution in [-0.2, 0) is 19.5 Å². The van der Waals surface area contributed by atoms with E-state index in [4.69, 9.17) is 9.47 Å². The Hall–Kier alpha value is -0.170. The highest BCUT2D eigenvalue weighted by atomic mass is 32.2. The quantitative estimate of drug-likeness (QED) is 0.700. The average molecular weight is 249 g/mol. The lowest BCUT2D eigenvalue weighted by atomic mass is 9.91. The fourth-order valence-corrected chi connectivity index (χ4v) is 3.46. The number of methoxy groups -OCH3 is 1. The summed E-state index contributed by atoms with van der Waals surface area (Å²) in [6.45, 7) is 2.59. The highest BCUT2D eigenvalue weighted by molar-refractivity contribution is 7.88. The first-order valence-corrected chi connectivity index (χ1v) is 7.43. The van der Waals surface area contributed by atoms with Gasteiger partial charge in [0.2, 0.25) is 10.0 Å². The van der Waals surface area contributed by atoms with E-state index in [2.05, 4.69) is 0 Å². The number of ether oxygens (including phenoxy) is 2. The predicted octanol–water partition coefficient (Wildman–Crippen LogP) is -0.0707. The summed E-state index contributed by atoms with van der Waals surface area (Å²) in [6.07, 6.45) is 2.31. The topological polar surface area (TPSA) is 55.8 Å². The molecule has 2 rings (SSSR count). The van der Waals surface area contributed by atoms with Gasteiger partial charge in [-0.3, -0.25) is 0 Å². The number of rotatable bonds is 4. The SMILES string of the molecule is COCC[C@H]1CO[C@H]2CN(S(C)(=O)=O)C[C@@H]12. The molecular formula is C10H19NO4S. The third kappa shape index (κ3) is 2.40. The van der Waals surface area contributed by atoms with E-state index in [1.165, 1.54) is 10.6 Å². The predicted molar refractivity (Wildman–Crippen MR) is 59.6 cm³/mol. The van der Waals surface area contributed by atoms with Crippen molar-refractivity contribution in [1.29, 1.82) is 0 Å². The van der Waals surface area contributed by atoms with E-state index in [0.29, 0.717) is 24.9 Å². The Balaban J connectivity index is 1.96. The van der Waals surface area contributed by atoms with Gasteiger partial charge in [0, 0.05) is 32.7 Å². The molecule has 0 bridgehead atoms. The first-order chi connectivity index (χ1) is 7.52. The van der Waals surface area contributed by atoms with Gasteiger partial charge in [-0.25, -0.2) is 8.42 Å². The minimum atomic E-state index is -3.07. The number of sulfonamides is 1. The van der Waals surface area contributed by atoms with Crippen molar-refractivity contribution in [3.05, 3.63) is 0 Å². The van der Waals surface area contributed by atoms with Crippen molar-refractivity contribution in [2.75, 3.05) is 39.7 Å². The van der Waals surface area contributed by atoms with E-state index < -0.39 is 10.0 Å². The Kier molecular flexibility index (Phi) is 3.53. The van der Waals surface area contributed by atoms with Crippen molar-refractivity contribution in [1.82, 2.24) is 4.31 Å². The lowest BCUT2D eigenvalue weighted by molar-refractivity contribution is 0.100. The fourth-order valence-electron chi connectivity index (χ4n) is 2.60. The van der Waals surface area contributed by atoms with E-state index in [9.17, 15) is 8.42 Å². The second-order valence-electron chi connectivity index (χ2n) is 4.66. The van der Waals surface area contributed by atoms with Crippen LogP contribution in [-0.4, -0.2) is 58.5 Å². The van der Waals surface area contributed by atoms with Crippen molar-refractivity contribution in [3.8, 4) is 0 Å². The van der Waals surface area contributed by atoms with Gasteiger partial charge in [0.25, 0.3) is 0 Å². The Morgan fingerprint density at radius 2 is 2.19 bits per heavy atom. The van der Waals surface area contributed by atoms with Crippen LogP contribution in [0.4, 0.5) is 0 Å². The van der Waals surface area contributed by atoms with Gasteiger partial charge in [0.05, 0.1) is 19.0 Å². The molecule has 2 aliphatic rings. The molecule has 0 aliphatic carbocycles. The van der Waals surface area contributed by atoms with Gasteiger partial charge in [-0.2, -0.15) is 4.31 Å². The zero-order valence-electron chi connectivity index (χ0n) is 9.76. The van der Waals surface area contributed by atoms with Crippen LogP contribution in [0.25, 0.3) is 0 Å². The van der Waals surface area contributed by atoms with Crippen molar-refractivity contribution in [2.24, 2.45) is 11.8 Å². The molecule has 3 atom stereocenters. The van der Waals surface area contributed by atoms with Crippen molar-refractivity contribution in [3.63, 3.8) is 0 Å². The molecule has 2 saturated heterocycles. The van der Waals surface area contributed by atoms with Crippen molar-refractivity contribution in [2.45, 2.75) is 12.5 Å². The Bertz CT molecular complexity index is 343. The summed E-state index contributed by atoms with van der Waals surface area (Å²) in [5, 5.41) is 0. The Morgan fingerprint density at radius 3 is 2.81 bits per heavy atom. The van der Waals surface area contributed by atoms with Crippen LogP contribution in [0.15, 0.2) is 0 Å². The van der Waals surface area contributed by atoms with Gasteiger partial charge >= 0.3 is 0 Å². The minimum absolute atomic E-state index is 0.0941. The zero-order chi connectivity index (χ0) is 11.8. The summed E-state index contributed by atoms with van der Waals surface area (Å²) in [6, 6.07) is 0. The maximum atomic E-state index is 11.4. The molecule has 0 spiro atoms. The first-order valence-electron chi connectivity index (χ1n) is 5.58. The number of nitrogens with zero attached hydrogens (tertiary/aromatic N) is 1. The molecule has 16 heavy (non-hydrogen) atoms. The molecule has 2 fully saturated rings. The van der Waals surface area contributed by atoms with E-state index >= 15 is 0 Å². The largest absolute Gasteiger partial charge is 0.385 e. The molecule has 2 heterocycles. The summed E-state index contributed by atoms with van der Waals surface area (Å²) in [4.78, 5) is 0. The maximum absolute atomic E-state index is 11.4. The third-order valence-corrected chi connectivity index (χ3v) is 4.80. The molecular weight excluding hydrogens is 230 g/mol. The Labute approximate surface area is 96.8 Å². The highest BCUT2D eigenvalue weighted by Gasteiger charge is 2.45. The molecule has 94 valence electrons. The molecule has 0 amide bonds. The Morgan fingerprint density at radius 1 is 1.44 bits per heavy atom. The van der Waals surface area contributed by atoms with E-state index in [-0.39, 0.29) is 6.10 Å². The van der Waals surface area contributed by atoms with Gasteiger partial charge in [0.1, 0.15) is 0 Å². The van der Waals surface area contributed by atoms with Crippen LogP contribution >= 0.6 is 0 Å². The van der Waals surface area contributed by atoms with Crippen LogP contribution in [0, 0.1) is 11.8 Å². The van der Waals surface area contributed by atoms with Gasteiger partial charge in [-0.05, 0) is 12.3 Å². The van der Waals surface area contributed by atoms with E-state index in [1.54, 1.807) is 7.11 Å². The molecule has 0 aromatic rings. The molecule has 0 N–H and O–H groups in total. The normalized spacial score (nSPS) is 35.5. The number of hydrogen-bond donors (Lipinski definition) is 0. The smallest absolute Gasteiger partial charge is 0.211 e. The second-order valence-corrected chi connectivity index (χ2v) is 6.64. The van der Waals surface area contributed by atoms with Crippen molar-refractivity contribution >= 4 is 10.0 Å². The molecule has 0 aromatic carbocycles. The molecule has 0 aromatic heterocycles. The summed E-state index contributed by atoms with van der Waals surface area (Å²) in [5.74, 6) is 0.793. The molecule has 0 radical (unpaired) electrons. The zero-order valence-corrected chi connectivity index (χ0v) is 10.6. The summed E-state index contributed by atoms with van der Waals surface area (Å²) in [7, 11) is -1.38. The van der Waals surface area contributed by atoms with E-state index in [1.807, 2.05) is 0 Å². The summed E-state index contributed by atoms with van der Waals surface area (Å²) in [5.41, 5.74) is 0. The second kappa shape index (κ2) is 4.60. The third-order valence-electron chi connectivity index (χ3n) is 3.57. The monoisotopic (exact) mass is 249 g/mol. The molecule has 6 heteroatoms. The van der Waals surface area contributed by atoms with Crippen LogP contribution in [0.1, 0.15) is 6.42 Å². The first kappa shape index (κ1) is 12.3. The lowest BCUT2D eigenvalue weighted by Crippen LogP contribution is -2.30. The highest BCUT2D eigenvalue weighted by Crippen LogP contribution is 2.36. The van der Waals surface area contributed by atoms with Crippen LogP contribution in [0.3, 0.4) is 0 Å². The van der Waals surface area contributed by atoms with E-state index in [0.717, 1.165) is 19.6 Å². The lowest BCUT2D eigenvalue weighted by Gasteiger charge is -2.17. The minimum Gasteiger partial charge on any atom is -0.385 e. The van der Waals surface area contributed by atoms with Gasteiger partial charge < -0.3 is 9.47 Å². The van der Waals surface area contributed by atoms with Gasteiger partial charge in [-0.15, -0.1) is 0 Å².